The molecule has 3 unspecified atom stereocenters. The lowest BCUT2D eigenvalue weighted by Gasteiger charge is -2.38. The summed E-state index contributed by atoms with van der Waals surface area (Å²) < 4.78 is 0. The van der Waals surface area contributed by atoms with Crippen LogP contribution in [-0.4, -0.2) is 39.4 Å². The zero-order chi connectivity index (χ0) is 23.9. The number of nitrogens with zero attached hydrogens (tertiary/aromatic N) is 4. The molecule has 3 aliphatic rings. The Morgan fingerprint density at radius 2 is 2.06 bits per heavy atom. The molecule has 0 spiro atoms. The summed E-state index contributed by atoms with van der Waals surface area (Å²) in [6.07, 6.45) is 12.1. The molecule has 7 rings (SSSR count). The molecule has 2 bridgehead atoms. The fraction of sp³-hybridized carbons (Fsp3) is 0.357. The van der Waals surface area contributed by atoms with Gasteiger partial charge in [0, 0.05) is 31.7 Å². The number of aromatic nitrogens is 3. The van der Waals surface area contributed by atoms with Crippen LogP contribution in [-0.2, 0) is 6.54 Å². The van der Waals surface area contributed by atoms with Gasteiger partial charge in [0.25, 0.3) is 5.91 Å². The Labute approximate surface area is 209 Å². The van der Waals surface area contributed by atoms with Crippen LogP contribution in [0.15, 0.2) is 55.0 Å². The molecule has 1 amide bonds. The molecule has 0 radical (unpaired) electrons. The minimum atomic E-state index is 0.00655. The summed E-state index contributed by atoms with van der Waals surface area (Å²) in [6.45, 7) is 3.44. The maximum Gasteiger partial charge on any atom is 0.264 e. The van der Waals surface area contributed by atoms with Gasteiger partial charge < -0.3 is 10.2 Å². The standard InChI is InChI=1S/C28H29N5OS/c1-17-24-26(30-14-21-13-18-8-10-19(21)11-9-18)31-16-32-27(24)35-25(17)28(34)33(2)15-20-5-3-7-23-22(20)6-4-12-29-23/h3-8,10,12,16,18-19,21H,9,11,13-15H2,1-2H3,(H,30,31,32). The number of carbonyl (C=O) groups is 1. The Kier molecular flexibility index (Phi) is 5.72. The van der Waals surface area contributed by atoms with Gasteiger partial charge in [-0.25, -0.2) is 9.97 Å². The van der Waals surface area contributed by atoms with Crippen LogP contribution in [0.1, 0.15) is 40.1 Å². The van der Waals surface area contributed by atoms with E-state index in [4.69, 9.17) is 0 Å². The zero-order valence-electron chi connectivity index (χ0n) is 20.1. The highest BCUT2D eigenvalue weighted by molar-refractivity contribution is 7.20. The van der Waals surface area contributed by atoms with Crippen molar-refractivity contribution in [3.05, 3.63) is 71.0 Å². The molecular weight excluding hydrogens is 454 g/mol. The molecule has 3 aromatic heterocycles. The molecule has 1 saturated carbocycles. The average molecular weight is 484 g/mol. The van der Waals surface area contributed by atoms with Gasteiger partial charge in [-0.1, -0.05) is 30.4 Å². The van der Waals surface area contributed by atoms with Crippen LogP contribution < -0.4 is 5.32 Å². The quantitative estimate of drug-likeness (QED) is 0.349. The Morgan fingerprint density at radius 1 is 1.14 bits per heavy atom. The largest absolute Gasteiger partial charge is 0.369 e. The first kappa shape index (κ1) is 22.2. The number of pyridine rings is 1. The van der Waals surface area contributed by atoms with E-state index in [2.05, 4.69) is 44.6 Å². The summed E-state index contributed by atoms with van der Waals surface area (Å²) in [5.74, 6) is 2.90. The van der Waals surface area contributed by atoms with Gasteiger partial charge in [0.15, 0.2) is 0 Å². The molecule has 7 heteroatoms. The fourth-order valence-corrected chi connectivity index (χ4v) is 6.87. The van der Waals surface area contributed by atoms with Crippen LogP contribution in [0.5, 0.6) is 0 Å². The van der Waals surface area contributed by atoms with Crippen molar-refractivity contribution in [2.24, 2.45) is 17.8 Å². The Balaban J connectivity index is 1.24. The van der Waals surface area contributed by atoms with Crippen LogP contribution >= 0.6 is 11.3 Å². The lowest BCUT2D eigenvalue weighted by Crippen LogP contribution is -2.32. The van der Waals surface area contributed by atoms with Crippen molar-refractivity contribution in [3.63, 3.8) is 0 Å². The number of thiophene rings is 1. The lowest BCUT2D eigenvalue weighted by molar-refractivity contribution is 0.0790. The third-order valence-electron chi connectivity index (χ3n) is 7.66. The second-order valence-electron chi connectivity index (χ2n) is 9.87. The number of fused-ring (bicyclic) bond motifs is 4. The van der Waals surface area contributed by atoms with E-state index in [0.717, 1.165) is 55.4 Å². The van der Waals surface area contributed by atoms with Gasteiger partial charge >= 0.3 is 0 Å². The molecule has 0 aliphatic heterocycles. The first-order chi connectivity index (χ1) is 17.1. The van der Waals surface area contributed by atoms with Gasteiger partial charge in [-0.05, 0) is 67.2 Å². The number of allylic oxidation sites excluding steroid dienone is 2. The van der Waals surface area contributed by atoms with Crippen molar-refractivity contribution in [2.45, 2.75) is 32.7 Å². The van der Waals surface area contributed by atoms with E-state index in [1.807, 2.05) is 32.2 Å². The van der Waals surface area contributed by atoms with Crippen LogP contribution in [0.3, 0.4) is 0 Å². The van der Waals surface area contributed by atoms with Crippen molar-refractivity contribution in [2.75, 3.05) is 18.9 Å². The van der Waals surface area contributed by atoms with Gasteiger partial charge in [0.05, 0.1) is 15.8 Å². The van der Waals surface area contributed by atoms with Crippen molar-refractivity contribution in [1.82, 2.24) is 19.9 Å². The maximum atomic E-state index is 13.5. The first-order valence-corrected chi connectivity index (χ1v) is 13.1. The van der Waals surface area contributed by atoms with E-state index in [9.17, 15) is 4.79 Å². The highest BCUT2D eigenvalue weighted by Gasteiger charge is 2.32. The molecule has 1 fully saturated rings. The molecule has 3 aliphatic carbocycles. The topological polar surface area (TPSA) is 71.0 Å². The van der Waals surface area contributed by atoms with Crippen molar-refractivity contribution in [3.8, 4) is 0 Å². The molecule has 1 aromatic carbocycles. The number of nitrogens with one attached hydrogen (secondary N) is 1. The molecule has 4 aromatic rings. The molecule has 6 nitrogen and oxygen atoms in total. The Hall–Kier alpha value is -3.32. The van der Waals surface area contributed by atoms with Crippen LogP contribution in [0.4, 0.5) is 5.82 Å². The second-order valence-corrected chi connectivity index (χ2v) is 10.9. The van der Waals surface area contributed by atoms with Gasteiger partial charge in [-0.3, -0.25) is 9.78 Å². The number of amides is 1. The second kappa shape index (κ2) is 9.04. The van der Waals surface area contributed by atoms with Gasteiger partial charge in [-0.2, -0.15) is 0 Å². The van der Waals surface area contributed by atoms with E-state index in [-0.39, 0.29) is 5.91 Å². The van der Waals surface area contributed by atoms with E-state index >= 15 is 0 Å². The number of rotatable bonds is 6. The smallest absolute Gasteiger partial charge is 0.264 e. The third-order valence-corrected chi connectivity index (χ3v) is 8.84. The SMILES string of the molecule is Cc1c(C(=O)N(C)Cc2cccc3ncccc23)sc2ncnc(NCC3CC4C=CC3CC4)c12. The minimum Gasteiger partial charge on any atom is -0.369 e. The Bertz CT molecular complexity index is 1440. The van der Waals surface area contributed by atoms with Crippen molar-refractivity contribution < 1.29 is 4.79 Å². The molecular formula is C28H29N5OS. The van der Waals surface area contributed by atoms with Crippen molar-refractivity contribution >= 4 is 44.2 Å². The summed E-state index contributed by atoms with van der Waals surface area (Å²) in [6, 6.07) is 10.0. The van der Waals surface area contributed by atoms with Gasteiger partial charge in [0.1, 0.15) is 17.0 Å². The van der Waals surface area contributed by atoms with Crippen molar-refractivity contribution in [1.29, 1.82) is 0 Å². The zero-order valence-corrected chi connectivity index (χ0v) is 20.9. The highest BCUT2D eigenvalue weighted by Crippen LogP contribution is 2.41. The fourth-order valence-electron chi connectivity index (χ4n) is 5.73. The summed E-state index contributed by atoms with van der Waals surface area (Å²) in [4.78, 5) is 30.4. The molecule has 35 heavy (non-hydrogen) atoms. The summed E-state index contributed by atoms with van der Waals surface area (Å²) in [5, 5.41) is 5.66. The summed E-state index contributed by atoms with van der Waals surface area (Å²) >= 11 is 1.46. The maximum absolute atomic E-state index is 13.5. The van der Waals surface area contributed by atoms with Crippen LogP contribution in [0.2, 0.25) is 0 Å². The Morgan fingerprint density at radius 3 is 2.86 bits per heavy atom. The number of benzene rings is 1. The number of anilines is 1. The lowest BCUT2D eigenvalue weighted by atomic mass is 9.69. The summed E-state index contributed by atoms with van der Waals surface area (Å²) in [5.41, 5.74) is 2.98. The van der Waals surface area contributed by atoms with E-state index < -0.39 is 0 Å². The number of hydrogen-bond acceptors (Lipinski definition) is 6. The monoisotopic (exact) mass is 483 g/mol. The minimum absolute atomic E-state index is 0.00655. The number of carbonyl (C=O) groups excluding carboxylic acids is 1. The number of aryl methyl sites for hydroxylation is 1. The first-order valence-electron chi connectivity index (χ1n) is 12.3. The third kappa shape index (κ3) is 4.08. The predicted molar refractivity (Wildman–Crippen MR) is 142 cm³/mol. The normalized spacial score (nSPS) is 21.0. The van der Waals surface area contributed by atoms with Gasteiger partial charge in [-0.15, -0.1) is 11.3 Å². The van der Waals surface area contributed by atoms with E-state index in [0.29, 0.717) is 18.4 Å². The van der Waals surface area contributed by atoms with E-state index in [1.54, 1.807) is 17.4 Å². The highest BCUT2D eigenvalue weighted by atomic mass is 32.1. The van der Waals surface area contributed by atoms with Gasteiger partial charge in [0.2, 0.25) is 0 Å². The average Bonchev–Trinajstić information content (AvgIpc) is 3.24. The van der Waals surface area contributed by atoms with Crippen LogP contribution in [0, 0.1) is 24.7 Å². The molecule has 0 saturated heterocycles. The number of hydrogen-bond donors (Lipinski definition) is 1. The molecule has 3 heterocycles. The molecule has 178 valence electrons. The van der Waals surface area contributed by atoms with E-state index in [1.165, 1.54) is 30.6 Å². The summed E-state index contributed by atoms with van der Waals surface area (Å²) in [7, 11) is 1.86. The molecule has 3 atom stereocenters. The molecule has 1 N–H and O–H groups in total. The predicted octanol–water partition coefficient (Wildman–Crippen LogP) is 5.83. The van der Waals surface area contributed by atoms with Crippen LogP contribution in [0.25, 0.3) is 21.1 Å².